The number of aldehydes is 1. The smallest absolute Gasteiger partial charge is 0.150 e. The minimum Gasteiger partial charge on any atom is -0.368 e. The van der Waals surface area contributed by atoms with Crippen molar-refractivity contribution >= 4 is 12.0 Å². The maximum Gasteiger partial charge on any atom is 0.150 e. The van der Waals surface area contributed by atoms with E-state index in [1.54, 1.807) is 12.1 Å². The lowest BCUT2D eigenvalue weighted by Crippen LogP contribution is -2.53. The van der Waals surface area contributed by atoms with Crippen LogP contribution in [-0.2, 0) is 0 Å². The summed E-state index contributed by atoms with van der Waals surface area (Å²) in [5.74, 6) is 0. The fourth-order valence-corrected chi connectivity index (χ4v) is 2.61. The molecule has 0 radical (unpaired) electrons. The predicted octanol–water partition coefficient (Wildman–Crippen LogP) is 2.29. The molecule has 2 rings (SSSR count). The summed E-state index contributed by atoms with van der Waals surface area (Å²) in [7, 11) is 0. The zero-order valence-corrected chi connectivity index (χ0v) is 12.4. The van der Waals surface area contributed by atoms with Gasteiger partial charge in [-0.05, 0) is 39.0 Å². The third-order valence-electron chi connectivity index (χ3n) is 3.85. The van der Waals surface area contributed by atoms with Gasteiger partial charge in [0.25, 0.3) is 0 Å². The monoisotopic (exact) mass is 271 g/mol. The summed E-state index contributed by atoms with van der Waals surface area (Å²) >= 11 is 0. The summed E-state index contributed by atoms with van der Waals surface area (Å²) in [4.78, 5) is 15.5. The second-order valence-electron chi connectivity index (χ2n) is 6.15. The molecule has 4 heteroatoms. The standard InChI is InChI=1S/C16H21N3O/c1-16(2,3)19-8-6-18(7-9-19)15-5-4-13(12-20)10-14(15)11-17/h4-5,10,12H,6-9H2,1-3H3. The number of rotatable bonds is 2. The third kappa shape index (κ3) is 3.00. The molecule has 0 unspecified atom stereocenters. The zero-order valence-electron chi connectivity index (χ0n) is 12.4. The van der Waals surface area contributed by atoms with Crippen molar-refractivity contribution in [3.8, 4) is 6.07 Å². The van der Waals surface area contributed by atoms with E-state index in [-0.39, 0.29) is 5.54 Å². The Kier molecular flexibility index (Phi) is 4.10. The molecule has 4 nitrogen and oxygen atoms in total. The Balaban J connectivity index is 2.15. The minimum atomic E-state index is 0.186. The van der Waals surface area contributed by atoms with Crippen molar-refractivity contribution in [1.29, 1.82) is 5.26 Å². The number of hydrogen-bond donors (Lipinski definition) is 0. The number of carbonyl (C=O) groups excluding carboxylic acids is 1. The number of anilines is 1. The van der Waals surface area contributed by atoms with E-state index in [1.165, 1.54) is 0 Å². The van der Waals surface area contributed by atoms with Gasteiger partial charge >= 0.3 is 0 Å². The van der Waals surface area contributed by atoms with E-state index in [9.17, 15) is 10.1 Å². The molecule has 1 saturated heterocycles. The fraction of sp³-hybridized carbons (Fsp3) is 0.500. The molecule has 0 spiro atoms. The topological polar surface area (TPSA) is 47.3 Å². The summed E-state index contributed by atoms with van der Waals surface area (Å²) in [5.41, 5.74) is 2.26. The van der Waals surface area contributed by atoms with E-state index >= 15 is 0 Å². The molecule has 1 aliphatic heterocycles. The summed E-state index contributed by atoms with van der Waals surface area (Å²) in [5, 5.41) is 9.25. The van der Waals surface area contributed by atoms with Gasteiger partial charge in [0.2, 0.25) is 0 Å². The lowest BCUT2D eigenvalue weighted by molar-refractivity contribution is 0.112. The van der Waals surface area contributed by atoms with Crippen molar-refractivity contribution in [1.82, 2.24) is 4.90 Å². The van der Waals surface area contributed by atoms with Crippen molar-refractivity contribution in [2.75, 3.05) is 31.1 Å². The highest BCUT2D eigenvalue weighted by Crippen LogP contribution is 2.24. The van der Waals surface area contributed by atoms with Gasteiger partial charge in [-0.15, -0.1) is 0 Å². The normalized spacial score (nSPS) is 16.8. The molecule has 1 fully saturated rings. The first-order valence-corrected chi connectivity index (χ1v) is 6.95. The van der Waals surface area contributed by atoms with Crippen LogP contribution in [0.25, 0.3) is 0 Å². The van der Waals surface area contributed by atoms with Crippen LogP contribution < -0.4 is 4.90 Å². The molecule has 20 heavy (non-hydrogen) atoms. The molecule has 0 bridgehead atoms. The number of carbonyl (C=O) groups is 1. The molecular formula is C16H21N3O. The van der Waals surface area contributed by atoms with Gasteiger partial charge in [-0.1, -0.05) is 0 Å². The summed E-state index contributed by atoms with van der Waals surface area (Å²) in [6.07, 6.45) is 0.780. The van der Waals surface area contributed by atoms with E-state index in [4.69, 9.17) is 0 Å². The summed E-state index contributed by atoms with van der Waals surface area (Å²) in [6, 6.07) is 7.52. The first-order chi connectivity index (χ1) is 9.45. The predicted molar refractivity (Wildman–Crippen MR) is 80.1 cm³/mol. The Labute approximate surface area is 120 Å². The molecule has 0 aromatic heterocycles. The van der Waals surface area contributed by atoms with Crippen LogP contribution in [-0.4, -0.2) is 42.9 Å². The lowest BCUT2D eigenvalue weighted by atomic mass is 10.0. The van der Waals surface area contributed by atoms with E-state index in [1.807, 2.05) is 6.07 Å². The van der Waals surface area contributed by atoms with Crippen LogP contribution in [0.2, 0.25) is 0 Å². The third-order valence-corrected chi connectivity index (χ3v) is 3.85. The SMILES string of the molecule is CC(C)(C)N1CCN(c2ccc(C=O)cc2C#N)CC1. The largest absolute Gasteiger partial charge is 0.368 e. The van der Waals surface area contributed by atoms with Gasteiger partial charge in [0, 0.05) is 37.3 Å². The quantitative estimate of drug-likeness (QED) is 0.774. The van der Waals surface area contributed by atoms with Crippen molar-refractivity contribution in [2.45, 2.75) is 26.3 Å². The highest BCUT2D eigenvalue weighted by Gasteiger charge is 2.26. The molecule has 0 aliphatic carbocycles. The van der Waals surface area contributed by atoms with E-state index in [2.05, 4.69) is 36.6 Å². The molecule has 0 saturated carbocycles. The number of hydrogen-bond acceptors (Lipinski definition) is 4. The first-order valence-electron chi connectivity index (χ1n) is 6.95. The zero-order chi connectivity index (χ0) is 14.8. The Bertz CT molecular complexity index is 532. The van der Waals surface area contributed by atoms with Crippen LogP contribution in [0.5, 0.6) is 0 Å². The van der Waals surface area contributed by atoms with E-state index in [0.29, 0.717) is 11.1 Å². The lowest BCUT2D eigenvalue weighted by Gasteiger charge is -2.43. The van der Waals surface area contributed by atoms with Crippen LogP contribution in [0.4, 0.5) is 5.69 Å². The van der Waals surface area contributed by atoms with Crippen molar-refractivity contribution < 1.29 is 4.79 Å². The second kappa shape index (κ2) is 5.64. The van der Waals surface area contributed by atoms with Gasteiger partial charge in [-0.3, -0.25) is 9.69 Å². The maximum atomic E-state index is 10.8. The van der Waals surface area contributed by atoms with Crippen LogP contribution in [0.15, 0.2) is 18.2 Å². The molecule has 1 aliphatic rings. The van der Waals surface area contributed by atoms with Crippen LogP contribution in [0.3, 0.4) is 0 Å². The van der Waals surface area contributed by atoms with E-state index < -0.39 is 0 Å². The molecule has 1 aromatic carbocycles. The molecule has 0 amide bonds. The van der Waals surface area contributed by atoms with Crippen LogP contribution in [0, 0.1) is 11.3 Å². The molecular weight excluding hydrogens is 250 g/mol. The summed E-state index contributed by atoms with van der Waals surface area (Å²) in [6.45, 7) is 10.5. The van der Waals surface area contributed by atoms with Gasteiger partial charge in [0.05, 0.1) is 11.3 Å². The Hall–Kier alpha value is -1.86. The molecule has 0 atom stereocenters. The van der Waals surface area contributed by atoms with Crippen LogP contribution >= 0.6 is 0 Å². The second-order valence-corrected chi connectivity index (χ2v) is 6.15. The van der Waals surface area contributed by atoms with Gasteiger partial charge in [-0.2, -0.15) is 5.26 Å². The molecule has 1 heterocycles. The van der Waals surface area contributed by atoms with Crippen molar-refractivity contribution in [3.05, 3.63) is 29.3 Å². The number of piperazine rings is 1. The summed E-state index contributed by atoms with van der Waals surface area (Å²) < 4.78 is 0. The van der Waals surface area contributed by atoms with Crippen molar-refractivity contribution in [2.24, 2.45) is 0 Å². The minimum absolute atomic E-state index is 0.186. The maximum absolute atomic E-state index is 10.8. The average Bonchev–Trinajstić information content (AvgIpc) is 2.45. The van der Waals surface area contributed by atoms with Gasteiger partial charge in [0.1, 0.15) is 12.4 Å². The highest BCUT2D eigenvalue weighted by atomic mass is 16.1. The van der Waals surface area contributed by atoms with Gasteiger partial charge in [0.15, 0.2) is 0 Å². The fourth-order valence-electron chi connectivity index (χ4n) is 2.61. The Morgan fingerprint density at radius 1 is 1.20 bits per heavy atom. The molecule has 1 aromatic rings. The van der Waals surface area contributed by atoms with Gasteiger partial charge < -0.3 is 4.90 Å². The first kappa shape index (κ1) is 14.5. The Morgan fingerprint density at radius 3 is 2.35 bits per heavy atom. The molecule has 0 N–H and O–H groups in total. The highest BCUT2D eigenvalue weighted by molar-refractivity contribution is 5.78. The number of benzene rings is 1. The number of nitriles is 1. The van der Waals surface area contributed by atoms with Gasteiger partial charge in [-0.25, -0.2) is 0 Å². The van der Waals surface area contributed by atoms with Crippen LogP contribution in [0.1, 0.15) is 36.7 Å². The average molecular weight is 271 g/mol. The van der Waals surface area contributed by atoms with E-state index in [0.717, 1.165) is 38.2 Å². The Morgan fingerprint density at radius 2 is 1.85 bits per heavy atom. The number of nitrogens with zero attached hydrogens (tertiary/aromatic N) is 3. The van der Waals surface area contributed by atoms with Crippen molar-refractivity contribution in [3.63, 3.8) is 0 Å². The molecule has 106 valence electrons.